The molecule has 2 rings (SSSR count). The van der Waals surface area contributed by atoms with Crippen molar-refractivity contribution in [3.05, 3.63) is 59.9 Å². The smallest absolute Gasteiger partial charge is 0.311 e. The first kappa shape index (κ1) is 14.1. The van der Waals surface area contributed by atoms with Crippen molar-refractivity contribution in [2.75, 3.05) is 0 Å². The molecule has 0 bridgehead atoms. The van der Waals surface area contributed by atoms with Gasteiger partial charge in [0.05, 0.1) is 0 Å². The summed E-state index contributed by atoms with van der Waals surface area (Å²) in [4.78, 5) is 2.83. The highest BCUT2D eigenvalue weighted by Crippen LogP contribution is 2.47. The van der Waals surface area contributed by atoms with Crippen molar-refractivity contribution < 1.29 is 8.42 Å². The lowest BCUT2D eigenvalue weighted by Gasteiger charge is -2.25. The van der Waals surface area contributed by atoms with Crippen molar-refractivity contribution in [2.24, 2.45) is 4.36 Å². The van der Waals surface area contributed by atoms with Gasteiger partial charge in [0.2, 0.25) is 0 Å². The van der Waals surface area contributed by atoms with Crippen LogP contribution in [0.25, 0.3) is 0 Å². The molecule has 0 spiro atoms. The third-order valence-corrected chi connectivity index (χ3v) is 3.86. The molecular formula is C12H10Cl2N2O2S. The number of benzene rings is 1. The van der Waals surface area contributed by atoms with E-state index in [1.165, 1.54) is 0 Å². The molecule has 1 aromatic carbocycles. The average molecular weight is 317 g/mol. The van der Waals surface area contributed by atoms with E-state index < -0.39 is 20.9 Å². The van der Waals surface area contributed by atoms with Crippen molar-refractivity contribution in [1.29, 1.82) is 0 Å². The maximum absolute atomic E-state index is 10.9. The van der Waals surface area contributed by atoms with Gasteiger partial charge in [0, 0.05) is 12.4 Å². The van der Waals surface area contributed by atoms with Crippen LogP contribution in [0, 0.1) is 0 Å². The quantitative estimate of drug-likeness (QED) is 0.878. The normalized spacial score (nSPS) is 12.9. The van der Waals surface area contributed by atoms with Crippen LogP contribution < -0.4 is 0 Å². The van der Waals surface area contributed by atoms with E-state index in [9.17, 15) is 8.42 Å². The Labute approximate surface area is 122 Å². The van der Waals surface area contributed by atoms with Gasteiger partial charge in [-0.05, 0) is 17.2 Å². The molecular weight excluding hydrogens is 307 g/mol. The van der Waals surface area contributed by atoms with Gasteiger partial charge in [0.1, 0.15) is 6.04 Å². The Kier molecular flexibility index (Phi) is 4.29. The first-order valence-electron chi connectivity index (χ1n) is 5.38. The van der Waals surface area contributed by atoms with Crippen molar-refractivity contribution >= 4 is 33.7 Å². The number of hydrogen-bond donors (Lipinski definition) is 1. The zero-order valence-corrected chi connectivity index (χ0v) is 12.0. The van der Waals surface area contributed by atoms with Gasteiger partial charge in [-0.3, -0.25) is 0 Å². The standard InChI is InChI=1S/C12H10Cl2N2O2S/c13-12(14,10-4-2-1-3-5-10)11(16-19(17)18)9-6-7-15-8-9/h1-8,11,15H. The van der Waals surface area contributed by atoms with Gasteiger partial charge in [-0.15, -0.1) is 0 Å². The fourth-order valence-electron chi connectivity index (χ4n) is 1.75. The van der Waals surface area contributed by atoms with E-state index in [-0.39, 0.29) is 0 Å². The Bertz CT molecular complexity index is 659. The van der Waals surface area contributed by atoms with E-state index in [0.29, 0.717) is 11.1 Å². The molecule has 100 valence electrons. The molecule has 1 atom stereocenters. The highest BCUT2D eigenvalue weighted by atomic mass is 35.5. The molecule has 2 aromatic rings. The second-order valence-corrected chi connectivity index (χ2v) is 5.89. The molecule has 0 amide bonds. The molecule has 0 saturated carbocycles. The molecule has 0 radical (unpaired) electrons. The Morgan fingerprint density at radius 1 is 1.16 bits per heavy atom. The molecule has 0 saturated heterocycles. The monoisotopic (exact) mass is 316 g/mol. The summed E-state index contributed by atoms with van der Waals surface area (Å²) in [5, 5.41) is 0. The first-order chi connectivity index (χ1) is 9.01. The van der Waals surface area contributed by atoms with Gasteiger partial charge < -0.3 is 4.98 Å². The lowest BCUT2D eigenvalue weighted by atomic mass is 10.0. The Balaban J connectivity index is 2.52. The van der Waals surface area contributed by atoms with E-state index >= 15 is 0 Å². The van der Waals surface area contributed by atoms with Crippen LogP contribution in [-0.4, -0.2) is 13.4 Å². The van der Waals surface area contributed by atoms with Gasteiger partial charge >= 0.3 is 10.5 Å². The molecule has 0 aliphatic rings. The van der Waals surface area contributed by atoms with Crippen molar-refractivity contribution in [3.63, 3.8) is 0 Å². The van der Waals surface area contributed by atoms with Crippen LogP contribution in [0.15, 0.2) is 53.2 Å². The lowest BCUT2D eigenvalue weighted by Crippen LogP contribution is -2.19. The maximum atomic E-state index is 10.9. The molecule has 1 N–H and O–H groups in total. The third kappa shape index (κ3) is 3.18. The van der Waals surface area contributed by atoms with Crippen LogP contribution in [0.2, 0.25) is 0 Å². The summed E-state index contributed by atoms with van der Waals surface area (Å²) < 4.78 is 23.9. The highest BCUT2D eigenvalue weighted by molar-refractivity contribution is 7.61. The fourth-order valence-corrected chi connectivity index (χ4v) is 2.92. The number of alkyl halides is 2. The average Bonchev–Trinajstić information content (AvgIpc) is 2.90. The van der Waals surface area contributed by atoms with E-state index in [0.717, 1.165) is 0 Å². The fraction of sp³-hybridized carbons (Fsp3) is 0.167. The molecule has 1 aromatic heterocycles. The van der Waals surface area contributed by atoms with Gasteiger partial charge in [0.15, 0.2) is 4.33 Å². The van der Waals surface area contributed by atoms with Crippen LogP contribution >= 0.6 is 23.2 Å². The number of hydrogen-bond acceptors (Lipinski definition) is 3. The maximum Gasteiger partial charge on any atom is 0.311 e. The summed E-state index contributed by atoms with van der Waals surface area (Å²) in [7, 11) is -2.61. The van der Waals surface area contributed by atoms with Gasteiger partial charge in [-0.1, -0.05) is 53.5 Å². The first-order valence-corrected chi connectivity index (χ1v) is 7.17. The zero-order chi connectivity index (χ0) is 13.9. The van der Waals surface area contributed by atoms with E-state index in [1.807, 2.05) is 6.07 Å². The molecule has 0 aliphatic carbocycles. The SMILES string of the molecule is O=S(=O)=NC(c1cc[nH]c1)C(Cl)(Cl)c1ccccc1. The molecule has 0 aliphatic heterocycles. The summed E-state index contributed by atoms with van der Waals surface area (Å²) >= 11 is 12.7. The van der Waals surface area contributed by atoms with E-state index in [4.69, 9.17) is 23.2 Å². The second kappa shape index (κ2) is 5.77. The van der Waals surface area contributed by atoms with Crippen molar-refractivity contribution in [3.8, 4) is 0 Å². The molecule has 0 fully saturated rings. The van der Waals surface area contributed by atoms with Crippen molar-refractivity contribution in [2.45, 2.75) is 10.4 Å². The predicted octanol–water partition coefficient (Wildman–Crippen LogP) is 3.45. The number of halogens is 2. The third-order valence-electron chi connectivity index (χ3n) is 2.63. The number of H-pyrrole nitrogens is 1. The second-order valence-electron chi connectivity index (χ2n) is 3.86. The number of rotatable bonds is 4. The summed E-state index contributed by atoms with van der Waals surface area (Å²) in [5.74, 6) is 0. The largest absolute Gasteiger partial charge is 0.367 e. The Morgan fingerprint density at radius 2 is 1.84 bits per heavy atom. The Morgan fingerprint density at radius 3 is 2.37 bits per heavy atom. The Hall–Kier alpha value is -1.30. The van der Waals surface area contributed by atoms with Gasteiger partial charge in [0.25, 0.3) is 0 Å². The zero-order valence-electron chi connectivity index (χ0n) is 9.62. The minimum absolute atomic E-state index is 0.582. The molecule has 1 heterocycles. The lowest BCUT2D eigenvalue weighted by molar-refractivity contribution is 0.600. The van der Waals surface area contributed by atoms with E-state index in [2.05, 4.69) is 9.35 Å². The molecule has 1 unspecified atom stereocenters. The summed E-state index contributed by atoms with van der Waals surface area (Å²) in [6.45, 7) is 0. The van der Waals surface area contributed by atoms with Crippen LogP contribution in [0.5, 0.6) is 0 Å². The summed E-state index contributed by atoms with van der Waals surface area (Å²) in [6.07, 6.45) is 3.27. The predicted molar refractivity (Wildman–Crippen MR) is 74.7 cm³/mol. The highest BCUT2D eigenvalue weighted by Gasteiger charge is 2.38. The summed E-state index contributed by atoms with van der Waals surface area (Å²) in [6, 6.07) is 9.59. The minimum Gasteiger partial charge on any atom is -0.367 e. The van der Waals surface area contributed by atoms with Crippen LogP contribution in [-0.2, 0) is 14.8 Å². The van der Waals surface area contributed by atoms with Gasteiger partial charge in [-0.25, -0.2) is 0 Å². The van der Waals surface area contributed by atoms with Gasteiger partial charge in [-0.2, -0.15) is 12.8 Å². The van der Waals surface area contributed by atoms with Crippen LogP contribution in [0.4, 0.5) is 0 Å². The molecule has 19 heavy (non-hydrogen) atoms. The number of aromatic nitrogens is 1. The number of nitrogens with one attached hydrogen (secondary N) is 1. The van der Waals surface area contributed by atoms with Crippen molar-refractivity contribution in [1.82, 2.24) is 4.98 Å². The molecule has 7 heteroatoms. The topological polar surface area (TPSA) is 62.3 Å². The number of nitrogens with zero attached hydrogens (tertiary/aromatic N) is 1. The minimum atomic E-state index is -2.61. The summed E-state index contributed by atoms with van der Waals surface area (Å²) in [5.41, 5.74) is 1.18. The van der Waals surface area contributed by atoms with E-state index in [1.54, 1.807) is 42.7 Å². The van der Waals surface area contributed by atoms with Crippen LogP contribution in [0.1, 0.15) is 17.2 Å². The number of aromatic amines is 1. The van der Waals surface area contributed by atoms with Crippen LogP contribution in [0.3, 0.4) is 0 Å². The molecule has 4 nitrogen and oxygen atoms in total.